The van der Waals surface area contributed by atoms with Gasteiger partial charge in [0.25, 0.3) is 0 Å². The molecule has 0 radical (unpaired) electrons. The Labute approximate surface area is 120 Å². The van der Waals surface area contributed by atoms with Crippen LogP contribution in [-0.4, -0.2) is 37.1 Å². The molecule has 0 aromatic heterocycles. The highest BCUT2D eigenvalue weighted by Crippen LogP contribution is 2.17. The maximum atomic E-state index is 9.31. The van der Waals surface area contributed by atoms with Crippen molar-refractivity contribution in [2.45, 2.75) is 59.4 Å². The smallest absolute Gasteiger partial charge is 0.106 e. The third-order valence-corrected chi connectivity index (χ3v) is 3.62. The Balaban J connectivity index is 4.28. The summed E-state index contributed by atoms with van der Waals surface area (Å²) in [7, 11) is 1.90. The lowest BCUT2D eigenvalue weighted by molar-refractivity contribution is 0.208. The first-order valence-corrected chi connectivity index (χ1v) is 7.71. The van der Waals surface area contributed by atoms with Crippen molar-refractivity contribution >= 4 is 0 Å². The summed E-state index contributed by atoms with van der Waals surface area (Å²) < 4.78 is 0. The Morgan fingerprint density at radius 2 is 1.68 bits per heavy atom. The van der Waals surface area contributed by atoms with Crippen LogP contribution in [0, 0.1) is 23.2 Å². The fourth-order valence-corrected chi connectivity index (χ4v) is 2.56. The highest BCUT2D eigenvalue weighted by Gasteiger charge is 2.25. The van der Waals surface area contributed by atoms with E-state index >= 15 is 0 Å². The van der Waals surface area contributed by atoms with Crippen LogP contribution in [0.5, 0.6) is 0 Å². The SMILES string of the molecule is CCC(C#N)(CCCN(CC(C)C)CC(C)C)NC. The lowest BCUT2D eigenvalue weighted by Crippen LogP contribution is -2.42. The molecular formula is C16H33N3. The number of nitrogens with zero attached hydrogens (tertiary/aromatic N) is 2. The lowest BCUT2D eigenvalue weighted by Gasteiger charge is -2.29. The lowest BCUT2D eigenvalue weighted by atomic mass is 9.92. The van der Waals surface area contributed by atoms with E-state index in [9.17, 15) is 5.26 Å². The van der Waals surface area contributed by atoms with Crippen LogP contribution >= 0.6 is 0 Å². The minimum Gasteiger partial charge on any atom is -0.303 e. The molecule has 0 spiro atoms. The van der Waals surface area contributed by atoms with E-state index in [1.54, 1.807) is 0 Å². The molecule has 0 aliphatic heterocycles. The van der Waals surface area contributed by atoms with E-state index in [1.165, 1.54) is 0 Å². The van der Waals surface area contributed by atoms with Gasteiger partial charge in [-0.2, -0.15) is 5.26 Å². The van der Waals surface area contributed by atoms with Crippen molar-refractivity contribution in [2.24, 2.45) is 11.8 Å². The average molecular weight is 267 g/mol. The van der Waals surface area contributed by atoms with Crippen molar-refractivity contribution < 1.29 is 0 Å². The fourth-order valence-electron chi connectivity index (χ4n) is 2.56. The van der Waals surface area contributed by atoms with Gasteiger partial charge in [-0.05, 0) is 44.7 Å². The van der Waals surface area contributed by atoms with E-state index in [-0.39, 0.29) is 5.54 Å². The van der Waals surface area contributed by atoms with E-state index in [4.69, 9.17) is 0 Å². The van der Waals surface area contributed by atoms with Gasteiger partial charge in [0.15, 0.2) is 0 Å². The Bertz CT molecular complexity index is 252. The number of hydrogen-bond acceptors (Lipinski definition) is 3. The maximum Gasteiger partial charge on any atom is 0.106 e. The fraction of sp³-hybridized carbons (Fsp3) is 0.938. The molecule has 1 N–H and O–H groups in total. The number of rotatable bonds is 10. The van der Waals surface area contributed by atoms with Gasteiger partial charge in [-0.15, -0.1) is 0 Å². The molecule has 0 saturated heterocycles. The van der Waals surface area contributed by atoms with Gasteiger partial charge in [0.1, 0.15) is 5.54 Å². The molecule has 1 unspecified atom stereocenters. The zero-order valence-electron chi connectivity index (χ0n) is 13.8. The first kappa shape index (κ1) is 18.4. The molecular weight excluding hydrogens is 234 g/mol. The Kier molecular flexibility index (Phi) is 9.05. The standard InChI is InChI=1S/C16H33N3/c1-7-16(13-17,18-6)9-8-10-19(11-14(2)3)12-15(4)5/h14-15,18H,7-12H2,1-6H3. The van der Waals surface area contributed by atoms with Gasteiger partial charge >= 0.3 is 0 Å². The molecule has 0 aliphatic rings. The monoisotopic (exact) mass is 267 g/mol. The molecule has 0 aromatic carbocycles. The largest absolute Gasteiger partial charge is 0.303 e. The van der Waals surface area contributed by atoms with Crippen molar-refractivity contribution in [1.29, 1.82) is 5.26 Å². The van der Waals surface area contributed by atoms with E-state index in [0.717, 1.165) is 38.9 Å². The zero-order valence-corrected chi connectivity index (χ0v) is 13.8. The van der Waals surface area contributed by atoms with Gasteiger partial charge < -0.3 is 10.2 Å². The van der Waals surface area contributed by atoms with Crippen molar-refractivity contribution in [3.63, 3.8) is 0 Å². The third kappa shape index (κ3) is 7.54. The predicted octanol–water partition coefficient (Wildman–Crippen LogP) is 3.27. The quantitative estimate of drug-likeness (QED) is 0.660. The van der Waals surface area contributed by atoms with Crippen LogP contribution < -0.4 is 5.32 Å². The molecule has 0 fully saturated rings. The number of nitriles is 1. The second-order valence-electron chi connectivity index (χ2n) is 6.45. The topological polar surface area (TPSA) is 39.1 Å². The molecule has 0 heterocycles. The summed E-state index contributed by atoms with van der Waals surface area (Å²) in [6, 6.07) is 2.44. The summed E-state index contributed by atoms with van der Waals surface area (Å²) in [5.74, 6) is 1.41. The Morgan fingerprint density at radius 1 is 1.16 bits per heavy atom. The van der Waals surface area contributed by atoms with Crippen LogP contribution in [0.15, 0.2) is 0 Å². The molecule has 3 heteroatoms. The van der Waals surface area contributed by atoms with E-state index < -0.39 is 0 Å². The molecule has 112 valence electrons. The molecule has 0 saturated carbocycles. The van der Waals surface area contributed by atoms with Crippen LogP contribution in [0.2, 0.25) is 0 Å². The van der Waals surface area contributed by atoms with Gasteiger partial charge in [0.2, 0.25) is 0 Å². The predicted molar refractivity (Wildman–Crippen MR) is 83.0 cm³/mol. The highest BCUT2D eigenvalue weighted by molar-refractivity contribution is 5.05. The van der Waals surface area contributed by atoms with E-state index in [0.29, 0.717) is 11.8 Å². The normalized spacial score (nSPS) is 14.9. The zero-order chi connectivity index (χ0) is 14.9. The molecule has 0 bridgehead atoms. The van der Waals surface area contributed by atoms with Gasteiger partial charge in [0.05, 0.1) is 6.07 Å². The van der Waals surface area contributed by atoms with Crippen LogP contribution in [0.1, 0.15) is 53.9 Å². The minimum absolute atomic E-state index is 0.332. The van der Waals surface area contributed by atoms with Gasteiger partial charge in [-0.25, -0.2) is 0 Å². The minimum atomic E-state index is -0.332. The van der Waals surface area contributed by atoms with Crippen molar-refractivity contribution in [1.82, 2.24) is 10.2 Å². The highest BCUT2D eigenvalue weighted by atomic mass is 15.1. The maximum absolute atomic E-state index is 9.31. The molecule has 3 nitrogen and oxygen atoms in total. The van der Waals surface area contributed by atoms with Gasteiger partial charge in [0, 0.05) is 13.1 Å². The Hall–Kier alpha value is -0.590. The van der Waals surface area contributed by atoms with Crippen LogP contribution in [0.3, 0.4) is 0 Å². The molecule has 0 amide bonds. The summed E-state index contributed by atoms with van der Waals surface area (Å²) in [6.45, 7) is 14.6. The van der Waals surface area contributed by atoms with Crippen LogP contribution in [0.25, 0.3) is 0 Å². The number of hydrogen-bond donors (Lipinski definition) is 1. The second-order valence-corrected chi connectivity index (χ2v) is 6.45. The van der Waals surface area contributed by atoms with Crippen LogP contribution in [-0.2, 0) is 0 Å². The van der Waals surface area contributed by atoms with Gasteiger partial charge in [-0.1, -0.05) is 34.6 Å². The van der Waals surface area contributed by atoms with Crippen molar-refractivity contribution in [3.8, 4) is 6.07 Å². The van der Waals surface area contributed by atoms with E-state index in [2.05, 4.69) is 50.9 Å². The summed E-state index contributed by atoms with van der Waals surface area (Å²) in [5, 5.41) is 12.5. The summed E-state index contributed by atoms with van der Waals surface area (Å²) >= 11 is 0. The molecule has 1 atom stereocenters. The van der Waals surface area contributed by atoms with Crippen LogP contribution in [0.4, 0.5) is 0 Å². The van der Waals surface area contributed by atoms with Gasteiger partial charge in [-0.3, -0.25) is 0 Å². The number of nitrogens with one attached hydrogen (secondary N) is 1. The van der Waals surface area contributed by atoms with E-state index in [1.807, 2.05) is 7.05 Å². The van der Waals surface area contributed by atoms with Crippen molar-refractivity contribution in [2.75, 3.05) is 26.7 Å². The summed E-state index contributed by atoms with van der Waals surface area (Å²) in [6.07, 6.45) is 2.89. The van der Waals surface area contributed by atoms with Crippen molar-refractivity contribution in [3.05, 3.63) is 0 Å². The summed E-state index contributed by atoms with van der Waals surface area (Å²) in [4.78, 5) is 2.54. The molecule has 0 aromatic rings. The summed E-state index contributed by atoms with van der Waals surface area (Å²) in [5.41, 5.74) is -0.332. The first-order chi connectivity index (χ1) is 8.89. The molecule has 0 rings (SSSR count). The third-order valence-electron chi connectivity index (χ3n) is 3.62. The molecule has 19 heavy (non-hydrogen) atoms. The first-order valence-electron chi connectivity index (χ1n) is 7.71. The molecule has 0 aliphatic carbocycles. The Morgan fingerprint density at radius 3 is 2.00 bits per heavy atom. The second kappa shape index (κ2) is 9.34. The average Bonchev–Trinajstić information content (AvgIpc) is 2.33.